The van der Waals surface area contributed by atoms with Crippen molar-refractivity contribution in [3.05, 3.63) is 71.8 Å². The molecule has 0 heterocycles. The number of hydrogen-bond acceptors (Lipinski definition) is 3. The summed E-state index contributed by atoms with van der Waals surface area (Å²) >= 11 is 0. The maximum atomic E-state index is 12.8. The average Bonchev–Trinajstić information content (AvgIpc) is 2.66. The number of carbonyl (C=O) groups excluding carboxylic acids is 3. The fourth-order valence-corrected chi connectivity index (χ4v) is 2.79. The van der Waals surface area contributed by atoms with E-state index in [9.17, 15) is 14.4 Å². The Balaban J connectivity index is 2.21. The second-order valence-corrected chi connectivity index (χ2v) is 6.59. The van der Waals surface area contributed by atoms with Gasteiger partial charge in [0.2, 0.25) is 11.8 Å². The zero-order valence-corrected chi connectivity index (χ0v) is 15.6. The first-order valence-electron chi connectivity index (χ1n) is 8.87. The van der Waals surface area contributed by atoms with E-state index in [0.717, 1.165) is 5.56 Å². The molecule has 0 saturated heterocycles. The fourth-order valence-electron chi connectivity index (χ4n) is 2.79. The van der Waals surface area contributed by atoms with Crippen LogP contribution in [0.4, 0.5) is 0 Å². The quantitative estimate of drug-likeness (QED) is 0.750. The Morgan fingerprint density at radius 2 is 1.52 bits per heavy atom. The van der Waals surface area contributed by atoms with Gasteiger partial charge >= 0.3 is 0 Å². The second kappa shape index (κ2) is 9.52. The summed E-state index contributed by atoms with van der Waals surface area (Å²) < 4.78 is 0. The van der Waals surface area contributed by atoms with Crippen LogP contribution in [0.25, 0.3) is 0 Å². The lowest BCUT2D eigenvalue weighted by molar-refractivity contribution is -0.137. The van der Waals surface area contributed by atoms with Gasteiger partial charge in [0.1, 0.15) is 0 Å². The summed E-state index contributed by atoms with van der Waals surface area (Å²) in [5.74, 6) is -1.07. The first-order valence-corrected chi connectivity index (χ1v) is 8.87. The lowest BCUT2D eigenvalue weighted by atomic mass is 10.0. The van der Waals surface area contributed by atoms with Gasteiger partial charge < -0.3 is 16.0 Å². The molecule has 0 spiro atoms. The number of nitrogens with zero attached hydrogens (tertiary/aromatic N) is 1. The highest BCUT2D eigenvalue weighted by Crippen LogP contribution is 2.19. The van der Waals surface area contributed by atoms with Crippen LogP contribution in [-0.2, 0) is 9.59 Å². The molecule has 0 fully saturated rings. The predicted octanol–water partition coefficient (Wildman–Crippen LogP) is 2.27. The van der Waals surface area contributed by atoms with E-state index in [1.54, 1.807) is 24.3 Å². The molecule has 0 aliphatic carbocycles. The molecule has 142 valence electrons. The summed E-state index contributed by atoms with van der Waals surface area (Å²) in [4.78, 5) is 38.1. The van der Waals surface area contributed by atoms with E-state index in [2.05, 4.69) is 5.32 Å². The highest BCUT2D eigenvalue weighted by atomic mass is 16.2. The van der Waals surface area contributed by atoms with Gasteiger partial charge in [0.25, 0.3) is 5.91 Å². The third kappa shape index (κ3) is 5.95. The summed E-state index contributed by atoms with van der Waals surface area (Å²) in [5, 5.41) is 2.93. The molecule has 3 amide bonds. The lowest BCUT2D eigenvalue weighted by Crippen LogP contribution is -2.44. The molecular weight excluding hydrogens is 342 g/mol. The summed E-state index contributed by atoms with van der Waals surface area (Å²) in [6, 6.07) is 17.4. The molecule has 2 rings (SSSR count). The Morgan fingerprint density at radius 1 is 0.963 bits per heavy atom. The van der Waals surface area contributed by atoms with Crippen molar-refractivity contribution >= 4 is 17.7 Å². The molecule has 0 aliphatic rings. The number of rotatable bonds is 8. The largest absolute Gasteiger partial charge is 0.368 e. The van der Waals surface area contributed by atoms with Crippen molar-refractivity contribution in [3.63, 3.8) is 0 Å². The maximum Gasteiger partial charge on any atom is 0.251 e. The average molecular weight is 367 g/mol. The van der Waals surface area contributed by atoms with E-state index in [4.69, 9.17) is 5.73 Å². The van der Waals surface area contributed by atoms with Gasteiger partial charge in [-0.05, 0) is 31.5 Å². The summed E-state index contributed by atoms with van der Waals surface area (Å²) in [6.45, 7) is 3.49. The molecule has 1 atom stereocenters. The standard InChI is InChI=1S/C21H25N3O3/c1-15(2)24(14-19(22)25)20(26)13-18(16-9-5-3-6-10-16)23-21(27)17-11-7-4-8-12-17/h3-12,15,18H,13-14H2,1-2H3,(H2,22,25)(H,23,27). The molecule has 0 radical (unpaired) electrons. The summed E-state index contributed by atoms with van der Waals surface area (Å²) in [7, 11) is 0. The maximum absolute atomic E-state index is 12.8. The van der Waals surface area contributed by atoms with Crippen LogP contribution in [-0.4, -0.2) is 35.2 Å². The molecule has 2 aromatic carbocycles. The highest BCUT2D eigenvalue weighted by Gasteiger charge is 2.25. The monoisotopic (exact) mass is 367 g/mol. The first-order chi connectivity index (χ1) is 12.9. The van der Waals surface area contributed by atoms with Crippen LogP contribution in [0.15, 0.2) is 60.7 Å². The third-order valence-electron chi connectivity index (χ3n) is 4.19. The van der Waals surface area contributed by atoms with Gasteiger partial charge in [0.15, 0.2) is 0 Å². The van der Waals surface area contributed by atoms with Crippen molar-refractivity contribution in [1.82, 2.24) is 10.2 Å². The van der Waals surface area contributed by atoms with Crippen molar-refractivity contribution in [1.29, 1.82) is 0 Å². The minimum atomic E-state index is -0.568. The molecule has 0 aliphatic heterocycles. The molecule has 3 N–H and O–H groups in total. The van der Waals surface area contributed by atoms with Crippen molar-refractivity contribution in [2.45, 2.75) is 32.4 Å². The SMILES string of the molecule is CC(C)N(CC(N)=O)C(=O)CC(NC(=O)c1ccccc1)c1ccccc1. The van der Waals surface area contributed by atoms with Crippen LogP contribution in [0, 0.1) is 0 Å². The van der Waals surface area contributed by atoms with Crippen LogP contribution in [0.3, 0.4) is 0 Å². The number of carbonyl (C=O) groups is 3. The first kappa shape index (κ1) is 20.2. The molecule has 1 unspecified atom stereocenters. The van der Waals surface area contributed by atoms with Crippen molar-refractivity contribution in [2.24, 2.45) is 5.73 Å². The van der Waals surface area contributed by atoms with E-state index in [1.165, 1.54) is 4.90 Å². The van der Waals surface area contributed by atoms with Gasteiger partial charge in [-0.1, -0.05) is 48.5 Å². The normalized spacial score (nSPS) is 11.7. The third-order valence-corrected chi connectivity index (χ3v) is 4.19. The van der Waals surface area contributed by atoms with Crippen LogP contribution in [0.2, 0.25) is 0 Å². The Morgan fingerprint density at radius 3 is 2.04 bits per heavy atom. The van der Waals surface area contributed by atoms with Gasteiger partial charge in [-0.3, -0.25) is 14.4 Å². The van der Waals surface area contributed by atoms with Gasteiger partial charge in [-0.15, -0.1) is 0 Å². The molecule has 6 heteroatoms. The van der Waals surface area contributed by atoms with E-state index >= 15 is 0 Å². The highest BCUT2D eigenvalue weighted by molar-refractivity contribution is 5.94. The number of benzene rings is 2. The zero-order valence-electron chi connectivity index (χ0n) is 15.6. The number of amides is 3. The van der Waals surface area contributed by atoms with Gasteiger partial charge in [0.05, 0.1) is 19.0 Å². The smallest absolute Gasteiger partial charge is 0.251 e. The number of nitrogens with two attached hydrogens (primary N) is 1. The van der Waals surface area contributed by atoms with E-state index < -0.39 is 11.9 Å². The van der Waals surface area contributed by atoms with E-state index in [-0.39, 0.29) is 30.8 Å². The predicted molar refractivity (Wildman–Crippen MR) is 104 cm³/mol. The minimum Gasteiger partial charge on any atom is -0.368 e. The molecule has 6 nitrogen and oxygen atoms in total. The van der Waals surface area contributed by atoms with Crippen LogP contribution in [0.5, 0.6) is 0 Å². The van der Waals surface area contributed by atoms with E-state index in [1.807, 2.05) is 50.2 Å². The topological polar surface area (TPSA) is 92.5 Å². The van der Waals surface area contributed by atoms with Crippen LogP contribution in [0.1, 0.15) is 42.2 Å². The Hall–Kier alpha value is -3.15. The minimum absolute atomic E-state index is 0.0358. The zero-order chi connectivity index (χ0) is 19.8. The Labute approximate surface area is 159 Å². The number of nitrogens with one attached hydrogen (secondary N) is 1. The summed E-state index contributed by atoms with van der Waals surface area (Å²) in [5.41, 5.74) is 6.60. The molecular formula is C21H25N3O3. The van der Waals surface area contributed by atoms with Gasteiger partial charge in [0, 0.05) is 11.6 Å². The molecule has 2 aromatic rings. The molecule has 27 heavy (non-hydrogen) atoms. The van der Waals surface area contributed by atoms with Crippen LogP contribution >= 0.6 is 0 Å². The molecule has 0 aromatic heterocycles. The van der Waals surface area contributed by atoms with Gasteiger partial charge in [-0.2, -0.15) is 0 Å². The van der Waals surface area contributed by atoms with Gasteiger partial charge in [-0.25, -0.2) is 0 Å². The van der Waals surface area contributed by atoms with Crippen LogP contribution < -0.4 is 11.1 Å². The Bertz CT molecular complexity index is 776. The number of hydrogen-bond donors (Lipinski definition) is 2. The lowest BCUT2D eigenvalue weighted by Gasteiger charge is -2.28. The summed E-state index contributed by atoms with van der Waals surface area (Å²) in [6.07, 6.45) is 0.0358. The molecule has 0 saturated carbocycles. The van der Waals surface area contributed by atoms with E-state index in [0.29, 0.717) is 5.56 Å². The fraction of sp³-hybridized carbons (Fsp3) is 0.286. The van der Waals surface area contributed by atoms with Crippen molar-refractivity contribution in [3.8, 4) is 0 Å². The Kier molecular flexibility index (Phi) is 7.11. The second-order valence-electron chi connectivity index (χ2n) is 6.59. The molecule has 0 bridgehead atoms. The van der Waals surface area contributed by atoms with Crippen molar-refractivity contribution in [2.75, 3.05) is 6.54 Å². The van der Waals surface area contributed by atoms with Crippen molar-refractivity contribution < 1.29 is 14.4 Å². The number of primary amides is 1.